The molecule has 0 bridgehead atoms. The quantitative estimate of drug-likeness (QED) is 0.876. The summed E-state index contributed by atoms with van der Waals surface area (Å²) in [5.74, 6) is 0. The maximum atomic E-state index is 8.74. The molecule has 1 aromatic carbocycles. The molecule has 0 aliphatic rings. The highest BCUT2D eigenvalue weighted by Crippen LogP contribution is 2.26. The van der Waals surface area contributed by atoms with Gasteiger partial charge in [-0.3, -0.25) is 4.98 Å². The van der Waals surface area contributed by atoms with Gasteiger partial charge in [0.05, 0.1) is 34.2 Å². The van der Waals surface area contributed by atoms with Crippen LogP contribution in [-0.4, -0.2) is 4.98 Å². The molecule has 0 aliphatic heterocycles. The molecule has 0 unspecified atom stereocenters. The summed E-state index contributed by atoms with van der Waals surface area (Å²) in [4.78, 5) is 4.09. The van der Waals surface area contributed by atoms with E-state index in [1.54, 1.807) is 30.6 Å². The van der Waals surface area contributed by atoms with Crippen molar-refractivity contribution in [2.24, 2.45) is 0 Å². The molecule has 4 heteroatoms. The minimum absolute atomic E-state index is 0.519. The number of halogens is 1. The number of nitriles is 1. The second-order valence-corrected chi connectivity index (χ2v) is 4.09. The molecule has 0 fully saturated rings. The van der Waals surface area contributed by atoms with Crippen molar-refractivity contribution in [3.8, 4) is 6.07 Å². The van der Waals surface area contributed by atoms with Crippen molar-refractivity contribution in [2.75, 3.05) is 5.32 Å². The molecule has 0 radical (unpaired) electrons. The van der Waals surface area contributed by atoms with Crippen LogP contribution in [0.3, 0.4) is 0 Å². The maximum absolute atomic E-state index is 8.74. The number of rotatable bonds is 2. The van der Waals surface area contributed by atoms with Gasteiger partial charge in [-0.25, -0.2) is 0 Å². The monoisotopic (exact) mass is 243 g/mol. The zero-order chi connectivity index (χ0) is 12.3. The molecule has 84 valence electrons. The molecule has 2 rings (SSSR count). The number of aromatic nitrogens is 1. The molecule has 1 heterocycles. The van der Waals surface area contributed by atoms with E-state index in [2.05, 4.69) is 10.3 Å². The van der Waals surface area contributed by atoms with Gasteiger partial charge in [0.1, 0.15) is 0 Å². The molecule has 17 heavy (non-hydrogen) atoms. The molecular formula is C13H10ClN3. The van der Waals surface area contributed by atoms with E-state index in [1.165, 1.54) is 0 Å². The predicted molar refractivity (Wildman–Crippen MR) is 68.4 cm³/mol. The summed E-state index contributed by atoms with van der Waals surface area (Å²) in [7, 11) is 0. The number of nitrogens with zero attached hydrogens (tertiary/aromatic N) is 2. The highest BCUT2D eigenvalue weighted by atomic mass is 35.5. The van der Waals surface area contributed by atoms with Gasteiger partial charge in [0.25, 0.3) is 0 Å². The first-order valence-electron chi connectivity index (χ1n) is 5.07. The number of pyridine rings is 1. The summed E-state index contributed by atoms with van der Waals surface area (Å²) in [5, 5.41) is 12.4. The number of hydrogen-bond donors (Lipinski definition) is 1. The van der Waals surface area contributed by atoms with E-state index in [0.29, 0.717) is 10.6 Å². The molecule has 0 saturated heterocycles. The lowest BCUT2D eigenvalue weighted by Gasteiger charge is -2.08. The third-order valence-electron chi connectivity index (χ3n) is 2.25. The van der Waals surface area contributed by atoms with Crippen LogP contribution in [-0.2, 0) is 0 Å². The molecule has 0 saturated carbocycles. The van der Waals surface area contributed by atoms with Crippen molar-refractivity contribution in [3.05, 3.63) is 52.8 Å². The maximum Gasteiger partial charge on any atom is 0.0992 e. The van der Waals surface area contributed by atoms with Crippen LogP contribution in [0.15, 0.2) is 36.7 Å². The smallest absolute Gasteiger partial charge is 0.0992 e. The molecule has 1 aromatic heterocycles. The third-order valence-corrected chi connectivity index (χ3v) is 2.56. The molecule has 2 aromatic rings. The van der Waals surface area contributed by atoms with Crippen LogP contribution in [0.2, 0.25) is 5.02 Å². The van der Waals surface area contributed by atoms with Crippen LogP contribution in [0, 0.1) is 18.3 Å². The minimum Gasteiger partial charge on any atom is -0.353 e. The highest BCUT2D eigenvalue weighted by Gasteiger charge is 2.02. The Balaban J connectivity index is 2.28. The molecule has 0 atom stereocenters. The fourth-order valence-corrected chi connectivity index (χ4v) is 1.69. The van der Waals surface area contributed by atoms with Crippen molar-refractivity contribution < 1.29 is 0 Å². The molecule has 0 amide bonds. The van der Waals surface area contributed by atoms with Crippen LogP contribution in [0.25, 0.3) is 0 Å². The number of anilines is 2. The van der Waals surface area contributed by atoms with Crippen molar-refractivity contribution in [3.63, 3.8) is 0 Å². The van der Waals surface area contributed by atoms with E-state index < -0.39 is 0 Å². The first kappa shape index (κ1) is 11.4. The van der Waals surface area contributed by atoms with Crippen LogP contribution in [0.1, 0.15) is 11.1 Å². The zero-order valence-corrected chi connectivity index (χ0v) is 9.99. The first-order valence-corrected chi connectivity index (χ1v) is 5.45. The van der Waals surface area contributed by atoms with Crippen LogP contribution < -0.4 is 5.32 Å². The van der Waals surface area contributed by atoms with Crippen molar-refractivity contribution >= 4 is 23.0 Å². The second-order valence-electron chi connectivity index (χ2n) is 3.68. The Kier molecular flexibility index (Phi) is 3.27. The van der Waals surface area contributed by atoms with Gasteiger partial charge in [0.2, 0.25) is 0 Å². The van der Waals surface area contributed by atoms with Crippen molar-refractivity contribution in [1.29, 1.82) is 5.26 Å². The summed E-state index contributed by atoms with van der Waals surface area (Å²) in [6.45, 7) is 1.97. The number of aryl methyl sites for hydroxylation is 1. The van der Waals surface area contributed by atoms with E-state index in [9.17, 15) is 0 Å². The zero-order valence-electron chi connectivity index (χ0n) is 9.24. The Labute approximate surface area is 105 Å². The topological polar surface area (TPSA) is 48.7 Å². The number of benzene rings is 1. The summed E-state index contributed by atoms with van der Waals surface area (Å²) in [5.41, 5.74) is 3.25. The van der Waals surface area contributed by atoms with Gasteiger partial charge in [0, 0.05) is 6.20 Å². The highest BCUT2D eigenvalue weighted by molar-refractivity contribution is 6.33. The number of hydrogen-bond acceptors (Lipinski definition) is 3. The van der Waals surface area contributed by atoms with Gasteiger partial charge in [-0.15, -0.1) is 0 Å². The van der Waals surface area contributed by atoms with Gasteiger partial charge < -0.3 is 5.32 Å². The second kappa shape index (κ2) is 4.86. The molecular weight excluding hydrogens is 234 g/mol. The minimum atomic E-state index is 0.519. The Bertz CT molecular complexity index is 587. The first-order chi connectivity index (χ1) is 8.19. The van der Waals surface area contributed by atoms with Crippen LogP contribution in [0.4, 0.5) is 11.4 Å². The van der Waals surface area contributed by atoms with Gasteiger partial charge in [-0.05, 0) is 36.8 Å². The van der Waals surface area contributed by atoms with Gasteiger partial charge in [-0.2, -0.15) is 5.26 Å². The van der Waals surface area contributed by atoms with Gasteiger partial charge in [0.15, 0.2) is 0 Å². The Hall–Kier alpha value is -2.05. The Morgan fingerprint density at radius 1 is 1.29 bits per heavy atom. The lowest BCUT2D eigenvalue weighted by Crippen LogP contribution is -1.93. The van der Waals surface area contributed by atoms with Gasteiger partial charge >= 0.3 is 0 Å². The van der Waals surface area contributed by atoms with E-state index in [1.807, 2.05) is 19.1 Å². The summed E-state index contributed by atoms with van der Waals surface area (Å²) < 4.78 is 0. The Morgan fingerprint density at radius 2 is 2.12 bits per heavy atom. The third kappa shape index (κ3) is 2.74. The standard InChI is InChI=1S/C13H10ClN3/c1-9-4-11(8-16-7-9)17-13-3-2-10(6-15)5-12(13)14/h2-5,7-8,17H,1H3. The Morgan fingerprint density at radius 3 is 2.76 bits per heavy atom. The molecule has 0 spiro atoms. The molecule has 1 N–H and O–H groups in total. The fourth-order valence-electron chi connectivity index (χ4n) is 1.46. The summed E-state index contributed by atoms with van der Waals surface area (Å²) in [6, 6.07) is 9.15. The SMILES string of the molecule is Cc1cncc(Nc2ccc(C#N)cc2Cl)c1. The average Bonchev–Trinajstić information content (AvgIpc) is 2.32. The molecule has 0 aliphatic carbocycles. The summed E-state index contributed by atoms with van der Waals surface area (Å²) >= 11 is 6.06. The lowest BCUT2D eigenvalue weighted by molar-refractivity contribution is 1.26. The molecule has 3 nitrogen and oxygen atoms in total. The summed E-state index contributed by atoms with van der Waals surface area (Å²) in [6.07, 6.45) is 3.51. The van der Waals surface area contributed by atoms with Crippen LogP contribution in [0.5, 0.6) is 0 Å². The van der Waals surface area contributed by atoms with Crippen molar-refractivity contribution in [2.45, 2.75) is 6.92 Å². The van der Waals surface area contributed by atoms with Crippen LogP contribution >= 0.6 is 11.6 Å². The van der Waals surface area contributed by atoms with E-state index in [0.717, 1.165) is 16.9 Å². The van der Waals surface area contributed by atoms with E-state index in [-0.39, 0.29) is 0 Å². The van der Waals surface area contributed by atoms with Gasteiger partial charge in [-0.1, -0.05) is 11.6 Å². The van der Waals surface area contributed by atoms with E-state index >= 15 is 0 Å². The van der Waals surface area contributed by atoms with Crippen molar-refractivity contribution in [1.82, 2.24) is 4.98 Å². The fraction of sp³-hybridized carbons (Fsp3) is 0.0769. The normalized spacial score (nSPS) is 9.71. The largest absolute Gasteiger partial charge is 0.353 e. The average molecular weight is 244 g/mol. The van der Waals surface area contributed by atoms with E-state index in [4.69, 9.17) is 16.9 Å². The predicted octanol–water partition coefficient (Wildman–Crippen LogP) is 3.66. The number of nitrogens with one attached hydrogen (secondary N) is 1. The lowest BCUT2D eigenvalue weighted by atomic mass is 10.2.